The van der Waals surface area contributed by atoms with E-state index in [-0.39, 0.29) is 0 Å². The van der Waals surface area contributed by atoms with Gasteiger partial charge in [0, 0.05) is 17.3 Å². The average Bonchev–Trinajstić information content (AvgIpc) is 3.00. The van der Waals surface area contributed by atoms with Crippen molar-refractivity contribution in [1.82, 2.24) is 14.8 Å². The second-order valence-corrected chi connectivity index (χ2v) is 5.15. The van der Waals surface area contributed by atoms with E-state index in [2.05, 4.69) is 27.5 Å². The number of hydrogen-bond acceptors (Lipinski definition) is 3. The third kappa shape index (κ3) is 3.61. The van der Waals surface area contributed by atoms with Gasteiger partial charge < -0.3 is 5.32 Å². The summed E-state index contributed by atoms with van der Waals surface area (Å²) in [5.41, 5.74) is 3.32. The van der Waals surface area contributed by atoms with E-state index in [1.807, 2.05) is 36.4 Å². The normalized spacial score (nSPS) is 10.5. The molecule has 0 aliphatic heterocycles. The van der Waals surface area contributed by atoms with Gasteiger partial charge in [-0.05, 0) is 29.3 Å². The number of halogens is 1. The van der Waals surface area contributed by atoms with Crippen LogP contribution in [-0.4, -0.2) is 14.8 Å². The van der Waals surface area contributed by atoms with Crippen LogP contribution in [0.1, 0.15) is 11.1 Å². The zero-order valence-corrected chi connectivity index (χ0v) is 12.2. The lowest BCUT2D eigenvalue weighted by Gasteiger charge is -2.09. The molecule has 0 saturated carbocycles. The van der Waals surface area contributed by atoms with Crippen molar-refractivity contribution in [2.45, 2.75) is 13.1 Å². The summed E-state index contributed by atoms with van der Waals surface area (Å²) in [7, 11) is 0. The third-order valence-electron chi connectivity index (χ3n) is 3.18. The fraction of sp³-hybridized carbons (Fsp3) is 0.125. The molecule has 0 atom stereocenters. The molecule has 106 valence electrons. The maximum absolute atomic E-state index is 6.16. The summed E-state index contributed by atoms with van der Waals surface area (Å²) >= 11 is 6.16. The molecule has 21 heavy (non-hydrogen) atoms. The molecule has 3 rings (SSSR count). The maximum atomic E-state index is 6.16. The number of nitrogens with zero attached hydrogens (tertiary/aromatic N) is 3. The summed E-state index contributed by atoms with van der Waals surface area (Å²) in [6.07, 6.45) is 3.25. The molecule has 0 spiro atoms. The summed E-state index contributed by atoms with van der Waals surface area (Å²) in [6, 6.07) is 16.1. The van der Waals surface area contributed by atoms with Gasteiger partial charge in [-0.3, -0.25) is 0 Å². The van der Waals surface area contributed by atoms with Crippen molar-refractivity contribution in [2.75, 3.05) is 5.32 Å². The van der Waals surface area contributed by atoms with Crippen molar-refractivity contribution in [3.8, 4) is 0 Å². The minimum atomic E-state index is 0.701. The van der Waals surface area contributed by atoms with Gasteiger partial charge in [-0.2, -0.15) is 5.10 Å². The quantitative estimate of drug-likeness (QED) is 0.783. The zero-order valence-electron chi connectivity index (χ0n) is 11.4. The second kappa shape index (κ2) is 6.41. The number of aromatic nitrogens is 3. The van der Waals surface area contributed by atoms with Crippen molar-refractivity contribution in [1.29, 1.82) is 0 Å². The molecular formula is C16H15ClN4. The van der Waals surface area contributed by atoms with E-state index in [1.165, 1.54) is 5.56 Å². The number of anilines is 1. The molecule has 4 nitrogen and oxygen atoms in total. The van der Waals surface area contributed by atoms with Crippen LogP contribution in [0.25, 0.3) is 0 Å². The van der Waals surface area contributed by atoms with Gasteiger partial charge in [-0.25, -0.2) is 9.67 Å². The Labute approximate surface area is 128 Å². The Hall–Kier alpha value is -2.33. The molecule has 1 heterocycles. The van der Waals surface area contributed by atoms with E-state index in [4.69, 9.17) is 11.6 Å². The van der Waals surface area contributed by atoms with Gasteiger partial charge in [-0.1, -0.05) is 41.9 Å². The van der Waals surface area contributed by atoms with Gasteiger partial charge in [-0.15, -0.1) is 0 Å². The van der Waals surface area contributed by atoms with Crippen LogP contribution in [0.3, 0.4) is 0 Å². The lowest BCUT2D eigenvalue weighted by Crippen LogP contribution is -2.03. The van der Waals surface area contributed by atoms with Gasteiger partial charge in [0.1, 0.15) is 12.7 Å². The SMILES string of the molecule is Clc1ccccc1CNc1cccc(Cn2cncn2)c1. The van der Waals surface area contributed by atoms with Crippen molar-refractivity contribution in [3.05, 3.63) is 77.3 Å². The van der Waals surface area contributed by atoms with E-state index in [0.29, 0.717) is 13.1 Å². The first-order valence-electron chi connectivity index (χ1n) is 6.70. The summed E-state index contributed by atoms with van der Waals surface area (Å²) in [6.45, 7) is 1.41. The van der Waals surface area contributed by atoms with E-state index in [9.17, 15) is 0 Å². The molecule has 0 radical (unpaired) electrons. The third-order valence-corrected chi connectivity index (χ3v) is 3.55. The summed E-state index contributed by atoms with van der Waals surface area (Å²) < 4.78 is 1.80. The van der Waals surface area contributed by atoms with E-state index < -0.39 is 0 Å². The second-order valence-electron chi connectivity index (χ2n) is 4.74. The topological polar surface area (TPSA) is 42.7 Å². The Morgan fingerprint density at radius 3 is 2.81 bits per heavy atom. The van der Waals surface area contributed by atoms with Crippen molar-refractivity contribution < 1.29 is 0 Å². The zero-order chi connectivity index (χ0) is 14.5. The highest BCUT2D eigenvalue weighted by Crippen LogP contribution is 2.18. The largest absolute Gasteiger partial charge is 0.381 e. The van der Waals surface area contributed by atoms with Crippen LogP contribution < -0.4 is 5.32 Å². The molecule has 0 fully saturated rings. The highest BCUT2D eigenvalue weighted by molar-refractivity contribution is 6.31. The Morgan fingerprint density at radius 1 is 1.10 bits per heavy atom. The smallest absolute Gasteiger partial charge is 0.137 e. The Bertz CT molecular complexity index is 710. The highest BCUT2D eigenvalue weighted by atomic mass is 35.5. The van der Waals surface area contributed by atoms with Crippen LogP contribution in [0.5, 0.6) is 0 Å². The predicted molar refractivity (Wildman–Crippen MR) is 84.3 cm³/mol. The fourth-order valence-corrected chi connectivity index (χ4v) is 2.32. The highest BCUT2D eigenvalue weighted by Gasteiger charge is 2.01. The number of nitrogens with one attached hydrogen (secondary N) is 1. The molecule has 3 aromatic rings. The van der Waals surface area contributed by atoms with Crippen LogP contribution in [0.2, 0.25) is 5.02 Å². The van der Waals surface area contributed by atoms with Gasteiger partial charge in [0.25, 0.3) is 0 Å². The van der Waals surface area contributed by atoms with E-state index >= 15 is 0 Å². The first kappa shape index (κ1) is 13.6. The lowest BCUT2D eigenvalue weighted by atomic mass is 10.2. The molecule has 0 aliphatic carbocycles. The van der Waals surface area contributed by atoms with Gasteiger partial charge in [0.15, 0.2) is 0 Å². The van der Waals surface area contributed by atoms with Crippen LogP contribution >= 0.6 is 11.6 Å². The summed E-state index contributed by atoms with van der Waals surface area (Å²) in [5, 5.41) is 8.29. The Morgan fingerprint density at radius 2 is 2.00 bits per heavy atom. The van der Waals surface area contributed by atoms with Crippen LogP contribution in [-0.2, 0) is 13.1 Å². The monoisotopic (exact) mass is 298 g/mol. The van der Waals surface area contributed by atoms with Crippen LogP contribution in [0.15, 0.2) is 61.2 Å². The van der Waals surface area contributed by atoms with E-state index in [0.717, 1.165) is 16.3 Å². The molecule has 5 heteroatoms. The molecule has 1 aromatic heterocycles. The van der Waals surface area contributed by atoms with Gasteiger partial charge in [0.05, 0.1) is 6.54 Å². The summed E-state index contributed by atoms with van der Waals surface area (Å²) in [4.78, 5) is 3.95. The number of rotatable bonds is 5. The lowest BCUT2D eigenvalue weighted by molar-refractivity contribution is 0.685. The first-order chi connectivity index (χ1) is 10.3. The molecule has 0 unspecified atom stereocenters. The molecule has 1 N–H and O–H groups in total. The van der Waals surface area contributed by atoms with Gasteiger partial charge >= 0.3 is 0 Å². The van der Waals surface area contributed by atoms with Crippen LogP contribution in [0, 0.1) is 0 Å². The van der Waals surface area contributed by atoms with Crippen molar-refractivity contribution in [2.24, 2.45) is 0 Å². The van der Waals surface area contributed by atoms with Crippen LogP contribution in [0.4, 0.5) is 5.69 Å². The van der Waals surface area contributed by atoms with E-state index in [1.54, 1.807) is 17.3 Å². The average molecular weight is 299 g/mol. The maximum Gasteiger partial charge on any atom is 0.137 e. The first-order valence-corrected chi connectivity index (χ1v) is 7.08. The number of hydrogen-bond donors (Lipinski definition) is 1. The fourth-order valence-electron chi connectivity index (χ4n) is 2.12. The molecular weight excluding hydrogens is 284 g/mol. The van der Waals surface area contributed by atoms with Crippen molar-refractivity contribution >= 4 is 17.3 Å². The molecule has 0 aliphatic rings. The Kier molecular flexibility index (Phi) is 4.17. The van der Waals surface area contributed by atoms with Crippen molar-refractivity contribution in [3.63, 3.8) is 0 Å². The number of benzene rings is 2. The predicted octanol–water partition coefficient (Wildman–Crippen LogP) is 3.59. The minimum Gasteiger partial charge on any atom is -0.381 e. The molecule has 2 aromatic carbocycles. The minimum absolute atomic E-state index is 0.701. The molecule has 0 amide bonds. The summed E-state index contributed by atoms with van der Waals surface area (Å²) in [5.74, 6) is 0. The van der Waals surface area contributed by atoms with Gasteiger partial charge in [0.2, 0.25) is 0 Å². The standard InChI is InChI=1S/C16H15ClN4/c17-16-7-2-1-5-14(16)9-19-15-6-3-4-13(8-15)10-21-12-18-11-20-21/h1-8,11-12,19H,9-10H2. The Balaban J connectivity index is 1.67. The molecule has 0 bridgehead atoms. The molecule has 0 saturated heterocycles.